The number of nitrogens with zero attached hydrogens (tertiary/aromatic N) is 1. The number of ether oxygens (including phenoxy) is 1. The van der Waals surface area contributed by atoms with E-state index in [1.54, 1.807) is 0 Å². The van der Waals surface area contributed by atoms with Crippen LogP contribution in [0.4, 0.5) is 5.69 Å². The zero-order valence-electron chi connectivity index (χ0n) is 14.6. The Kier molecular flexibility index (Phi) is 5.25. The van der Waals surface area contributed by atoms with E-state index in [0.717, 1.165) is 32.4 Å². The van der Waals surface area contributed by atoms with Gasteiger partial charge in [0, 0.05) is 29.2 Å². The number of fused-ring (bicyclic) bond motifs is 1. The van der Waals surface area contributed by atoms with Gasteiger partial charge in [0.05, 0.1) is 9.99 Å². The van der Waals surface area contributed by atoms with Crippen molar-refractivity contribution in [3.05, 3.63) is 58.6 Å². The Morgan fingerprint density at radius 3 is 2.52 bits per heavy atom. The summed E-state index contributed by atoms with van der Waals surface area (Å²) in [6, 6.07) is 16.3. The first kappa shape index (κ1) is 17.7. The molecule has 2 aromatic carbocycles. The molecule has 1 atom stereocenters. The van der Waals surface area contributed by atoms with Crippen molar-refractivity contribution in [2.24, 2.45) is 5.73 Å². The van der Waals surface area contributed by atoms with E-state index in [4.69, 9.17) is 10.5 Å². The summed E-state index contributed by atoms with van der Waals surface area (Å²) in [6.45, 7) is 6.18. The Balaban J connectivity index is 1.84. The molecule has 130 valence electrons. The maximum Gasteiger partial charge on any atom is 0.219 e. The van der Waals surface area contributed by atoms with Crippen LogP contribution in [-0.2, 0) is 0 Å². The highest BCUT2D eigenvalue weighted by atomic mass is 79.9. The number of hydrogen-bond acceptors (Lipinski definition) is 4. The van der Waals surface area contributed by atoms with E-state index in [2.05, 4.69) is 46.1 Å². The van der Waals surface area contributed by atoms with E-state index >= 15 is 0 Å². The molecule has 0 aliphatic carbocycles. The van der Waals surface area contributed by atoms with Crippen molar-refractivity contribution in [2.45, 2.75) is 32.9 Å². The van der Waals surface area contributed by atoms with Gasteiger partial charge in [-0.25, -0.2) is 4.98 Å². The highest BCUT2D eigenvalue weighted by Gasteiger charge is 2.08. The third-order valence-corrected chi connectivity index (χ3v) is 4.43. The fraction of sp³-hybridized carbons (Fsp3) is 0.250. The molecular weight excluding hydrogens is 378 g/mol. The van der Waals surface area contributed by atoms with Crippen LogP contribution >= 0.6 is 15.9 Å². The fourth-order valence-electron chi connectivity index (χ4n) is 2.58. The normalized spacial score (nSPS) is 12.4. The summed E-state index contributed by atoms with van der Waals surface area (Å²) in [4.78, 5) is 4.58. The molecule has 0 amide bonds. The molecule has 1 aromatic heterocycles. The third-order valence-electron chi connectivity index (χ3n) is 3.82. The van der Waals surface area contributed by atoms with E-state index < -0.39 is 0 Å². The van der Waals surface area contributed by atoms with Crippen molar-refractivity contribution < 1.29 is 4.74 Å². The monoisotopic (exact) mass is 399 g/mol. The molecule has 0 bridgehead atoms. The van der Waals surface area contributed by atoms with E-state index in [9.17, 15) is 0 Å². The Morgan fingerprint density at radius 1 is 1.04 bits per heavy atom. The molecule has 0 fully saturated rings. The first-order valence-electron chi connectivity index (χ1n) is 8.32. The average Bonchev–Trinajstić information content (AvgIpc) is 2.56. The lowest BCUT2D eigenvalue weighted by molar-refractivity contribution is 0.462. The van der Waals surface area contributed by atoms with Gasteiger partial charge in [0.25, 0.3) is 0 Å². The zero-order chi connectivity index (χ0) is 18.0. The number of anilines is 1. The van der Waals surface area contributed by atoms with Gasteiger partial charge in [0.15, 0.2) is 0 Å². The van der Waals surface area contributed by atoms with Crippen LogP contribution < -0.4 is 15.8 Å². The number of hydrogen-bond donors (Lipinski definition) is 2. The molecule has 3 N–H and O–H groups in total. The van der Waals surface area contributed by atoms with E-state index in [1.807, 2.05) is 49.4 Å². The summed E-state index contributed by atoms with van der Waals surface area (Å²) in [5.74, 6) is 1.29. The maximum atomic E-state index is 5.94. The van der Waals surface area contributed by atoms with Crippen LogP contribution in [0.25, 0.3) is 10.9 Å². The van der Waals surface area contributed by atoms with Crippen LogP contribution in [0.5, 0.6) is 11.6 Å². The summed E-state index contributed by atoms with van der Waals surface area (Å²) in [5.41, 5.74) is 8.97. The Morgan fingerprint density at radius 2 is 1.84 bits per heavy atom. The molecule has 0 spiro atoms. The van der Waals surface area contributed by atoms with Crippen LogP contribution in [0.15, 0.2) is 53.0 Å². The second kappa shape index (κ2) is 7.42. The summed E-state index contributed by atoms with van der Waals surface area (Å²) in [7, 11) is 0. The minimum atomic E-state index is 0.00856. The predicted molar refractivity (Wildman–Crippen MR) is 107 cm³/mol. The highest BCUT2D eigenvalue weighted by Crippen LogP contribution is 2.32. The molecule has 0 saturated carbocycles. The predicted octanol–water partition coefficient (Wildman–Crippen LogP) is 5.63. The second-order valence-corrected chi connectivity index (χ2v) is 7.29. The molecular formula is C20H22BrN3O. The minimum Gasteiger partial charge on any atom is -0.438 e. The molecule has 3 rings (SSSR count). The average molecular weight is 400 g/mol. The molecule has 25 heavy (non-hydrogen) atoms. The Bertz CT molecular complexity index is 893. The lowest BCUT2D eigenvalue weighted by Crippen LogP contribution is -2.09. The summed E-state index contributed by atoms with van der Waals surface area (Å²) in [5, 5.41) is 4.42. The lowest BCUT2D eigenvalue weighted by Gasteiger charge is -2.13. The molecule has 3 aromatic rings. The van der Waals surface area contributed by atoms with Gasteiger partial charge in [0.1, 0.15) is 5.75 Å². The topological polar surface area (TPSA) is 60.2 Å². The largest absolute Gasteiger partial charge is 0.438 e. The molecule has 4 nitrogen and oxygen atoms in total. The number of nitrogens with two attached hydrogens (primary N) is 1. The van der Waals surface area contributed by atoms with Crippen molar-refractivity contribution in [1.29, 1.82) is 0 Å². The number of halogens is 1. The number of aromatic nitrogens is 1. The van der Waals surface area contributed by atoms with Gasteiger partial charge in [-0.3, -0.25) is 0 Å². The molecule has 0 saturated heterocycles. The van der Waals surface area contributed by atoms with Gasteiger partial charge in [-0.15, -0.1) is 0 Å². The van der Waals surface area contributed by atoms with Gasteiger partial charge in [-0.2, -0.15) is 0 Å². The molecule has 0 aliphatic heterocycles. The van der Waals surface area contributed by atoms with Crippen LogP contribution in [0, 0.1) is 0 Å². The first-order valence-corrected chi connectivity index (χ1v) is 9.12. The van der Waals surface area contributed by atoms with Gasteiger partial charge in [0.2, 0.25) is 5.88 Å². The summed E-state index contributed by atoms with van der Waals surface area (Å²) < 4.78 is 6.83. The Hall–Kier alpha value is -2.11. The summed E-state index contributed by atoms with van der Waals surface area (Å²) >= 11 is 3.56. The molecule has 0 radical (unpaired) electrons. The fourth-order valence-corrected chi connectivity index (χ4v) is 3.04. The molecule has 0 aliphatic rings. The lowest BCUT2D eigenvalue weighted by atomic mass is 10.1. The van der Waals surface area contributed by atoms with Crippen molar-refractivity contribution >= 4 is 32.5 Å². The van der Waals surface area contributed by atoms with Gasteiger partial charge in [-0.1, -0.05) is 6.07 Å². The molecule has 1 heterocycles. The molecule has 1 unspecified atom stereocenters. The third kappa shape index (κ3) is 4.30. The van der Waals surface area contributed by atoms with Crippen molar-refractivity contribution in [3.8, 4) is 11.6 Å². The van der Waals surface area contributed by atoms with Gasteiger partial charge < -0.3 is 15.8 Å². The van der Waals surface area contributed by atoms with Gasteiger partial charge >= 0.3 is 0 Å². The van der Waals surface area contributed by atoms with Crippen LogP contribution in [0.3, 0.4) is 0 Å². The smallest absolute Gasteiger partial charge is 0.219 e. The zero-order valence-corrected chi connectivity index (χ0v) is 16.2. The quantitative estimate of drug-likeness (QED) is 0.583. The van der Waals surface area contributed by atoms with Crippen molar-refractivity contribution in [1.82, 2.24) is 4.98 Å². The second-order valence-electron chi connectivity index (χ2n) is 6.44. The maximum absolute atomic E-state index is 5.94. The minimum absolute atomic E-state index is 0.00856. The molecule has 5 heteroatoms. The van der Waals surface area contributed by atoms with Crippen LogP contribution in [0.1, 0.15) is 32.4 Å². The number of rotatable bonds is 5. The van der Waals surface area contributed by atoms with Crippen LogP contribution in [-0.4, -0.2) is 11.0 Å². The van der Waals surface area contributed by atoms with Crippen LogP contribution in [0.2, 0.25) is 0 Å². The van der Waals surface area contributed by atoms with Gasteiger partial charge in [-0.05, 0) is 78.7 Å². The number of pyridine rings is 1. The highest BCUT2D eigenvalue weighted by molar-refractivity contribution is 9.10. The van der Waals surface area contributed by atoms with E-state index in [-0.39, 0.29) is 6.04 Å². The van der Waals surface area contributed by atoms with E-state index in [0.29, 0.717) is 11.9 Å². The first-order chi connectivity index (χ1) is 11.9. The number of benzene rings is 2. The summed E-state index contributed by atoms with van der Waals surface area (Å²) in [6.07, 6.45) is 0. The van der Waals surface area contributed by atoms with E-state index in [1.165, 1.54) is 0 Å². The SMILES string of the molecule is CC(C)Nc1ccc(Oc2ccc3cc(C(C)N)ccc3n2)c(Br)c1. The number of nitrogens with one attached hydrogen (secondary N) is 1. The van der Waals surface area contributed by atoms with Crippen molar-refractivity contribution in [2.75, 3.05) is 5.32 Å². The van der Waals surface area contributed by atoms with Crippen molar-refractivity contribution in [3.63, 3.8) is 0 Å². The standard InChI is InChI=1S/C20H22BrN3O/c1-12(2)23-16-6-8-19(17(21)11-16)25-20-9-5-15-10-14(13(3)22)4-7-18(15)24-20/h4-13,23H,22H2,1-3H3. The Labute approximate surface area is 156 Å².